The van der Waals surface area contributed by atoms with E-state index in [4.69, 9.17) is 9.15 Å². The summed E-state index contributed by atoms with van der Waals surface area (Å²) in [4.78, 5) is 28.3. The molecular formula is C18H16N2O4. The highest BCUT2D eigenvalue weighted by Gasteiger charge is 2.20. The molecular weight excluding hydrogens is 308 g/mol. The van der Waals surface area contributed by atoms with Gasteiger partial charge in [-0.3, -0.25) is 4.79 Å². The number of fused-ring (bicyclic) bond motifs is 1. The molecule has 1 amide bonds. The number of aryl methyl sites for hydroxylation is 1. The van der Waals surface area contributed by atoms with Gasteiger partial charge in [0.1, 0.15) is 5.52 Å². The molecule has 3 aromatic rings. The third kappa shape index (κ3) is 3.27. The Morgan fingerprint density at radius 1 is 1.21 bits per heavy atom. The van der Waals surface area contributed by atoms with E-state index < -0.39 is 18.0 Å². The van der Waals surface area contributed by atoms with Gasteiger partial charge in [-0.2, -0.15) is 0 Å². The molecule has 1 heterocycles. The Bertz CT molecular complexity index is 901. The van der Waals surface area contributed by atoms with E-state index in [9.17, 15) is 9.59 Å². The molecule has 1 atom stereocenters. The first-order valence-electron chi connectivity index (χ1n) is 7.45. The number of esters is 1. The molecule has 0 fully saturated rings. The lowest BCUT2D eigenvalue weighted by atomic mass is 10.2. The predicted octanol–water partition coefficient (Wildman–Crippen LogP) is 3.32. The van der Waals surface area contributed by atoms with Crippen LogP contribution in [0.2, 0.25) is 0 Å². The predicted molar refractivity (Wildman–Crippen MR) is 88.7 cm³/mol. The second-order valence-electron chi connectivity index (χ2n) is 5.39. The van der Waals surface area contributed by atoms with Crippen molar-refractivity contribution in [1.82, 2.24) is 4.98 Å². The summed E-state index contributed by atoms with van der Waals surface area (Å²) in [6.45, 7) is 3.41. The number of aromatic nitrogens is 1. The monoisotopic (exact) mass is 324 g/mol. The maximum atomic E-state index is 12.2. The quantitative estimate of drug-likeness (QED) is 0.745. The third-order valence-corrected chi connectivity index (χ3v) is 3.62. The maximum absolute atomic E-state index is 12.2. The molecule has 0 saturated carbocycles. The van der Waals surface area contributed by atoms with Crippen LogP contribution in [0.4, 0.5) is 5.69 Å². The fraction of sp³-hybridized carbons (Fsp3) is 0.167. The van der Waals surface area contributed by atoms with E-state index in [0.29, 0.717) is 22.4 Å². The van der Waals surface area contributed by atoms with Gasteiger partial charge in [-0.1, -0.05) is 18.2 Å². The highest BCUT2D eigenvalue weighted by atomic mass is 16.5. The van der Waals surface area contributed by atoms with E-state index in [1.54, 1.807) is 18.2 Å². The van der Waals surface area contributed by atoms with Crippen molar-refractivity contribution in [2.75, 3.05) is 5.32 Å². The van der Waals surface area contributed by atoms with Gasteiger partial charge in [0.05, 0.1) is 5.56 Å². The number of ether oxygens (including phenoxy) is 1. The molecule has 3 rings (SSSR count). The first kappa shape index (κ1) is 15.7. The molecule has 0 aliphatic rings. The van der Waals surface area contributed by atoms with Crippen LogP contribution in [0.3, 0.4) is 0 Å². The Balaban J connectivity index is 1.67. The molecule has 0 aliphatic heterocycles. The van der Waals surface area contributed by atoms with Crippen molar-refractivity contribution in [1.29, 1.82) is 0 Å². The lowest BCUT2D eigenvalue weighted by Crippen LogP contribution is -2.30. The molecule has 24 heavy (non-hydrogen) atoms. The average molecular weight is 324 g/mol. The molecule has 6 nitrogen and oxygen atoms in total. The van der Waals surface area contributed by atoms with Crippen LogP contribution >= 0.6 is 0 Å². The summed E-state index contributed by atoms with van der Waals surface area (Å²) in [5, 5.41) is 2.75. The highest BCUT2D eigenvalue weighted by molar-refractivity contribution is 5.98. The van der Waals surface area contributed by atoms with Gasteiger partial charge in [0.2, 0.25) is 0 Å². The largest absolute Gasteiger partial charge is 0.449 e. The molecule has 1 aromatic heterocycles. The molecule has 0 aliphatic carbocycles. The summed E-state index contributed by atoms with van der Waals surface area (Å²) < 4.78 is 10.4. The SMILES string of the molecule is Cc1ccccc1NC(=O)C(C)OC(=O)c1ccc2ncoc2c1. The minimum atomic E-state index is -0.928. The number of anilines is 1. The van der Waals surface area contributed by atoms with E-state index in [2.05, 4.69) is 10.3 Å². The number of benzene rings is 2. The van der Waals surface area contributed by atoms with E-state index in [1.165, 1.54) is 19.4 Å². The maximum Gasteiger partial charge on any atom is 0.339 e. The molecule has 1 N–H and O–H groups in total. The van der Waals surface area contributed by atoms with Crippen molar-refractivity contribution in [3.8, 4) is 0 Å². The van der Waals surface area contributed by atoms with Crippen LogP contribution < -0.4 is 5.32 Å². The molecule has 0 radical (unpaired) electrons. The molecule has 1 unspecified atom stereocenters. The number of para-hydroxylation sites is 1. The van der Waals surface area contributed by atoms with Crippen molar-refractivity contribution in [2.45, 2.75) is 20.0 Å². The lowest BCUT2D eigenvalue weighted by Gasteiger charge is -2.14. The molecule has 0 spiro atoms. The van der Waals surface area contributed by atoms with Crippen molar-refractivity contribution in [3.05, 3.63) is 60.0 Å². The first-order chi connectivity index (χ1) is 11.5. The van der Waals surface area contributed by atoms with Gasteiger partial charge >= 0.3 is 5.97 Å². The Labute approximate surface area is 138 Å². The summed E-state index contributed by atoms with van der Waals surface area (Å²) in [5.74, 6) is -0.987. The molecule has 6 heteroatoms. The normalized spacial score (nSPS) is 11.9. The number of hydrogen-bond acceptors (Lipinski definition) is 5. The zero-order chi connectivity index (χ0) is 17.1. The van der Waals surface area contributed by atoms with E-state index in [-0.39, 0.29) is 0 Å². The van der Waals surface area contributed by atoms with Crippen LogP contribution in [-0.2, 0) is 9.53 Å². The van der Waals surface area contributed by atoms with Crippen LogP contribution in [0.5, 0.6) is 0 Å². The minimum Gasteiger partial charge on any atom is -0.449 e. The zero-order valence-electron chi connectivity index (χ0n) is 13.3. The highest BCUT2D eigenvalue weighted by Crippen LogP contribution is 2.17. The standard InChI is InChI=1S/C18H16N2O4/c1-11-5-3-4-6-14(11)20-17(21)12(2)24-18(22)13-7-8-15-16(9-13)23-10-19-15/h3-10,12H,1-2H3,(H,20,21). The third-order valence-electron chi connectivity index (χ3n) is 3.62. The second-order valence-corrected chi connectivity index (χ2v) is 5.39. The first-order valence-corrected chi connectivity index (χ1v) is 7.45. The number of nitrogens with zero attached hydrogens (tertiary/aromatic N) is 1. The molecule has 0 bridgehead atoms. The number of amides is 1. The van der Waals surface area contributed by atoms with Gasteiger partial charge in [0.25, 0.3) is 5.91 Å². The average Bonchev–Trinajstić information content (AvgIpc) is 3.04. The van der Waals surface area contributed by atoms with Crippen molar-refractivity contribution < 1.29 is 18.7 Å². The Hall–Kier alpha value is -3.15. The van der Waals surface area contributed by atoms with Gasteiger partial charge < -0.3 is 14.5 Å². The number of hydrogen-bond donors (Lipinski definition) is 1. The van der Waals surface area contributed by atoms with Gasteiger partial charge in [-0.05, 0) is 43.7 Å². The fourth-order valence-corrected chi connectivity index (χ4v) is 2.21. The van der Waals surface area contributed by atoms with Crippen LogP contribution in [0.1, 0.15) is 22.8 Å². The fourth-order valence-electron chi connectivity index (χ4n) is 2.21. The number of carbonyl (C=O) groups excluding carboxylic acids is 2. The van der Waals surface area contributed by atoms with E-state index in [0.717, 1.165) is 5.56 Å². The summed E-state index contributed by atoms with van der Waals surface area (Å²) in [7, 11) is 0. The minimum absolute atomic E-state index is 0.301. The number of carbonyl (C=O) groups is 2. The Kier molecular flexibility index (Phi) is 4.29. The van der Waals surface area contributed by atoms with Gasteiger partial charge in [-0.15, -0.1) is 0 Å². The summed E-state index contributed by atoms with van der Waals surface area (Å²) >= 11 is 0. The summed E-state index contributed by atoms with van der Waals surface area (Å²) in [6.07, 6.45) is 0.375. The van der Waals surface area contributed by atoms with E-state index >= 15 is 0 Å². The summed E-state index contributed by atoms with van der Waals surface area (Å²) in [5.41, 5.74) is 3.06. The lowest BCUT2D eigenvalue weighted by molar-refractivity contribution is -0.123. The van der Waals surface area contributed by atoms with Crippen molar-refractivity contribution in [2.24, 2.45) is 0 Å². The topological polar surface area (TPSA) is 81.4 Å². The number of oxazole rings is 1. The smallest absolute Gasteiger partial charge is 0.339 e. The Morgan fingerprint density at radius 2 is 2.00 bits per heavy atom. The number of rotatable bonds is 4. The summed E-state index contributed by atoms with van der Waals surface area (Å²) in [6, 6.07) is 12.2. The molecule has 0 saturated heterocycles. The molecule has 2 aromatic carbocycles. The second kappa shape index (κ2) is 6.54. The van der Waals surface area contributed by atoms with Crippen LogP contribution in [0.15, 0.2) is 53.3 Å². The van der Waals surface area contributed by atoms with Crippen LogP contribution in [-0.4, -0.2) is 23.0 Å². The number of nitrogens with one attached hydrogen (secondary N) is 1. The van der Waals surface area contributed by atoms with Gasteiger partial charge in [0, 0.05) is 5.69 Å². The van der Waals surface area contributed by atoms with E-state index in [1.807, 2.05) is 25.1 Å². The van der Waals surface area contributed by atoms with Crippen LogP contribution in [0, 0.1) is 6.92 Å². The van der Waals surface area contributed by atoms with Crippen molar-refractivity contribution in [3.63, 3.8) is 0 Å². The van der Waals surface area contributed by atoms with Crippen LogP contribution in [0.25, 0.3) is 11.1 Å². The van der Waals surface area contributed by atoms with Crippen molar-refractivity contribution >= 4 is 28.7 Å². The zero-order valence-corrected chi connectivity index (χ0v) is 13.3. The molecule has 122 valence electrons. The van der Waals surface area contributed by atoms with Gasteiger partial charge in [0.15, 0.2) is 18.1 Å². The van der Waals surface area contributed by atoms with Gasteiger partial charge in [-0.25, -0.2) is 9.78 Å². The Morgan fingerprint density at radius 3 is 2.79 bits per heavy atom.